The lowest BCUT2D eigenvalue weighted by Crippen LogP contribution is -2.27. The lowest BCUT2D eigenvalue weighted by atomic mass is 10.0. The van der Waals surface area contributed by atoms with Crippen LogP contribution in [0.1, 0.15) is 40.4 Å². The Balaban J connectivity index is 1.85. The van der Waals surface area contributed by atoms with Crippen LogP contribution in [0.25, 0.3) is 0 Å². The summed E-state index contributed by atoms with van der Waals surface area (Å²) in [6, 6.07) is 0. The molecule has 3 heterocycles. The summed E-state index contributed by atoms with van der Waals surface area (Å²) in [6.45, 7) is 3.14. The van der Waals surface area contributed by atoms with E-state index in [9.17, 15) is 5.11 Å². The number of fused-ring (bicyclic) bond motifs is 1. The molecule has 16 heavy (non-hydrogen) atoms. The first-order valence-corrected chi connectivity index (χ1v) is 6.62. The number of nitrogens with one attached hydrogen (secondary N) is 1. The van der Waals surface area contributed by atoms with Crippen LogP contribution >= 0.6 is 11.3 Å². The monoisotopic (exact) mass is 240 g/mol. The predicted molar refractivity (Wildman–Crippen MR) is 61.6 cm³/mol. The van der Waals surface area contributed by atoms with Gasteiger partial charge in [0.1, 0.15) is 6.10 Å². The average Bonchev–Trinajstić information content (AvgIpc) is 2.76. The van der Waals surface area contributed by atoms with E-state index in [-0.39, 0.29) is 6.10 Å². The topological polar surface area (TPSA) is 54.4 Å². The van der Waals surface area contributed by atoms with Crippen LogP contribution in [0.15, 0.2) is 0 Å². The third kappa shape index (κ3) is 1.88. The van der Waals surface area contributed by atoms with E-state index in [1.807, 2.05) is 0 Å². The molecule has 0 saturated carbocycles. The summed E-state index contributed by atoms with van der Waals surface area (Å²) in [5, 5.41) is 14.2. The maximum Gasteiger partial charge on any atom is 0.102 e. The number of hydrogen-bond donors (Lipinski definition) is 2. The summed E-state index contributed by atoms with van der Waals surface area (Å²) >= 11 is 1.69. The zero-order valence-electron chi connectivity index (χ0n) is 9.11. The predicted octanol–water partition coefficient (Wildman–Crippen LogP) is 1.17. The van der Waals surface area contributed by atoms with E-state index in [2.05, 4.69) is 10.3 Å². The smallest absolute Gasteiger partial charge is 0.102 e. The zero-order valence-corrected chi connectivity index (χ0v) is 9.92. The largest absolute Gasteiger partial charge is 0.386 e. The van der Waals surface area contributed by atoms with Crippen LogP contribution in [0.2, 0.25) is 0 Å². The molecular weight excluding hydrogens is 224 g/mol. The number of β-amino-alcohol motifs (C(OH)–C–C–N with tert-alkyl or cyclic N) is 1. The lowest BCUT2D eigenvalue weighted by molar-refractivity contribution is 0.0852. The Bertz CT molecular complexity index is 374. The lowest BCUT2D eigenvalue weighted by Gasteiger charge is -2.19. The number of hydrogen-bond acceptors (Lipinski definition) is 5. The maximum atomic E-state index is 9.86. The summed E-state index contributed by atoms with van der Waals surface area (Å²) < 4.78 is 5.36. The summed E-state index contributed by atoms with van der Waals surface area (Å²) in [6.07, 6.45) is 1.76. The van der Waals surface area contributed by atoms with E-state index >= 15 is 0 Å². The Morgan fingerprint density at radius 3 is 2.94 bits per heavy atom. The van der Waals surface area contributed by atoms with Gasteiger partial charge >= 0.3 is 0 Å². The van der Waals surface area contributed by atoms with Crippen molar-refractivity contribution in [3.8, 4) is 0 Å². The van der Waals surface area contributed by atoms with Crippen LogP contribution in [0.4, 0.5) is 0 Å². The minimum Gasteiger partial charge on any atom is -0.386 e. The number of nitrogens with zero attached hydrogens (tertiary/aromatic N) is 1. The molecule has 0 aliphatic carbocycles. The molecule has 3 rings (SSSR count). The Hall–Kier alpha value is -0.490. The van der Waals surface area contributed by atoms with Crippen molar-refractivity contribution in [2.24, 2.45) is 0 Å². The van der Waals surface area contributed by atoms with Gasteiger partial charge in [0.05, 0.1) is 15.6 Å². The van der Waals surface area contributed by atoms with Gasteiger partial charge in [-0.2, -0.15) is 0 Å². The Morgan fingerprint density at radius 1 is 1.38 bits per heavy atom. The molecule has 5 heteroatoms. The summed E-state index contributed by atoms with van der Waals surface area (Å²) in [5.41, 5.74) is 1.05. The van der Waals surface area contributed by atoms with Gasteiger partial charge in [0.15, 0.2) is 0 Å². The molecule has 0 bridgehead atoms. The molecule has 0 spiro atoms. The first-order valence-electron chi connectivity index (χ1n) is 5.80. The number of thiazole rings is 1. The first kappa shape index (κ1) is 10.7. The molecule has 1 aromatic heterocycles. The number of ether oxygens (including phenoxy) is 1. The number of aliphatic hydroxyl groups is 1. The molecule has 1 fully saturated rings. The van der Waals surface area contributed by atoms with Crippen molar-refractivity contribution in [2.75, 3.05) is 19.8 Å². The maximum absolute atomic E-state index is 9.86. The van der Waals surface area contributed by atoms with Crippen molar-refractivity contribution >= 4 is 11.3 Å². The molecule has 1 saturated heterocycles. The van der Waals surface area contributed by atoms with E-state index in [1.54, 1.807) is 11.3 Å². The highest BCUT2D eigenvalue weighted by Gasteiger charge is 2.26. The average molecular weight is 240 g/mol. The van der Waals surface area contributed by atoms with Gasteiger partial charge in [0, 0.05) is 32.2 Å². The van der Waals surface area contributed by atoms with Gasteiger partial charge < -0.3 is 15.2 Å². The Morgan fingerprint density at radius 2 is 2.19 bits per heavy atom. The second kappa shape index (κ2) is 4.41. The normalized spacial score (nSPS) is 26.7. The van der Waals surface area contributed by atoms with Crippen molar-refractivity contribution in [3.63, 3.8) is 0 Å². The molecule has 4 nitrogen and oxygen atoms in total. The summed E-state index contributed by atoms with van der Waals surface area (Å²) in [5.74, 6) is 0.538. The number of aliphatic hydroxyl groups excluding tert-OH is 1. The molecule has 2 aliphatic heterocycles. The fourth-order valence-corrected chi connectivity index (χ4v) is 3.55. The fourth-order valence-electron chi connectivity index (χ4n) is 2.31. The van der Waals surface area contributed by atoms with Crippen molar-refractivity contribution in [1.82, 2.24) is 10.3 Å². The van der Waals surface area contributed by atoms with E-state index in [0.717, 1.165) is 43.2 Å². The molecule has 0 aromatic carbocycles. The van der Waals surface area contributed by atoms with E-state index in [4.69, 9.17) is 4.74 Å². The molecule has 0 amide bonds. The van der Waals surface area contributed by atoms with Gasteiger partial charge in [0.25, 0.3) is 0 Å². The molecule has 88 valence electrons. The van der Waals surface area contributed by atoms with Crippen LogP contribution in [0.5, 0.6) is 0 Å². The zero-order chi connectivity index (χ0) is 11.0. The third-order valence-electron chi connectivity index (χ3n) is 3.25. The quantitative estimate of drug-likeness (QED) is 0.774. The molecule has 0 radical (unpaired) electrons. The molecule has 1 atom stereocenters. The van der Waals surface area contributed by atoms with Crippen LogP contribution in [-0.2, 0) is 11.3 Å². The van der Waals surface area contributed by atoms with Gasteiger partial charge in [-0.1, -0.05) is 0 Å². The molecule has 1 aromatic rings. The summed E-state index contributed by atoms with van der Waals surface area (Å²) in [4.78, 5) is 5.73. The molecule has 2 aliphatic rings. The van der Waals surface area contributed by atoms with E-state index < -0.39 is 0 Å². The SMILES string of the molecule is OC1CNCc2nc(C3CCOCC3)sc21. The van der Waals surface area contributed by atoms with Gasteiger partial charge in [-0.05, 0) is 12.8 Å². The highest BCUT2D eigenvalue weighted by atomic mass is 32.1. The minimum absolute atomic E-state index is 0.366. The number of aromatic nitrogens is 1. The third-order valence-corrected chi connectivity index (χ3v) is 4.61. The second-order valence-corrected chi connectivity index (χ2v) is 5.46. The van der Waals surface area contributed by atoms with Gasteiger partial charge in [0.2, 0.25) is 0 Å². The highest BCUT2D eigenvalue weighted by Crippen LogP contribution is 2.35. The Labute approximate surface area is 98.7 Å². The minimum atomic E-state index is -0.366. The first-order chi connectivity index (χ1) is 7.84. The molecule has 2 N–H and O–H groups in total. The van der Waals surface area contributed by atoms with Crippen LogP contribution in [0.3, 0.4) is 0 Å². The van der Waals surface area contributed by atoms with Crippen molar-refractivity contribution in [3.05, 3.63) is 15.6 Å². The standard InChI is InChI=1S/C11H16N2O2S/c14-9-6-12-5-8-10(9)16-11(13-8)7-1-3-15-4-2-7/h7,9,12,14H,1-6H2. The van der Waals surface area contributed by atoms with Gasteiger partial charge in [-0.25, -0.2) is 4.98 Å². The fraction of sp³-hybridized carbons (Fsp3) is 0.727. The van der Waals surface area contributed by atoms with Crippen LogP contribution in [0, 0.1) is 0 Å². The van der Waals surface area contributed by atoms with Crippen molar-refractivity contribution < 1.29 is 9.84 Å². The van der Waals surface area contributed by atoms with Crippen molar-refractivity contribution in [1.29, 1.82) is 0 Å². The van der Waals surface area contributed by atoms with Gasteiger partial charge in [-0.15, -0.1) is 11.3 Å². The Kier molecular flexibility index (Phi) is 2.93. The van der Waals surface area contributed by atoms with Crippen molar-refractivity contribution in [2.45, 2.75) is 31.4 Å². The van der Waals surface area contributed by atoms with Gasteiger partial charge in [-0.3, -0.25) is 0 Å². The van der Waals surface area contributed by atoms with E-state index in [0.29, 0.717) is 12.5 Å². The highest BCUT2D eigenvalue weighted by molar-refractivity contribution is 7.11. The second-order valence-electron chi connectivity index (χ2n) is 4.40. The van der Waals surface area contributed by atoms with Crippen LogP contribution < -0.4 is 5.32 Å². The van der Waals surface area contributed by atoms with Crippen LogP contribution in [-0.4, -0.2) is 29.8 Å². The molecule has 1 unspecified atom stereocenters. The molecular formula is C11H16N2O2S. The van der Waals surface area contributed by atoms with E-state index in [1.165, 1.54) is 5.01 Å². The summed E-state index contributed by atoms with van der Waals surface area (Å²) in [7, 11) is 0. The number of rotatable bonds is 1.